The van der Waals surface area contributed by atoms with E-state index in [1.807, 2.05) is 0 Å². The molecule has 53 valence electrons. The predicted octanol–water partition coefficient (Wildman–Crippen LogP) is 1.17. The SMILES string of the molecule is C#Cc1c[c]cc(C(=O)O)c1. The molecule has 0 aromatic heterocycles. The van der Waals surface area contributed by atoms with Crippen LogP contribution in [0.5, 0.6) is 0 Å². The Hall–Kier alpha value is -1.75. The van der Waals surface area contributed by atoms with Gasteiger partial charge in [-0.05, 0) is 24.3 Å². The minimum atomic E-state index is -0.988. The first-order chi connectivity index (χ1) is 5.24. The van der Waals surface area contributed by atoms with Gasteiger partial charge in [0.1, 0.15) is 0 Å². The minimum absolute atomic E-state index is 0.167. The van der Waals surface area contributed by atoms with E-state index >= 15 is 0 Å². The van der Waals surface area contributed by atoms with E-state index in [2.05, 4.69) is 12.0 Å². The van der Waals surface area contributed by atoms with Crippen molar-refractivity contribution in [1.82, 2.24) is 0 Å². The Bertz CT molecular complexity index is 321. The van der Waals surface area contributed by atoms with Crippen molar-refractivity contribution in [3.8, 4) is 12.3 Å². The smallest absolute Gasteiger partial charge is 0.335 e. The quantitative estimate of drug-likeness (QED) is 0.602. The molecule has 0 heterocycles. The van der Waals surface area contributed by atoms with Crippen LogP contribution >= 0.6 is 0 Å². The number of carboxylic acid groups (broad SMARTS) is 1. The molecule has 1 aromatic rings. The van der Waals surface area contributed by atoms with Crippen molar-refractivity contribution in [3.05, 3.63) is 35.4 Å². The fourth-order valence-corrected chi connectivity index (χ4v) is 0.679. The summed E-state index contributed by atoms with van der Waals surface area (Å²) in [6, 6.07) is 7.01. The Labute approximate surface area is 64.5 Å². The monoisotopic (exact) mass is 145 g/mol. The average molecular weight is 145 g/mol. The van der Waals surface area contributed by atoms with Crippen molar-refractivity contribution in [2.24, 2.45) is 0 Å². The molecule has 0 spiro atoms. The summed E-state index contributed by atoms with van der Waals surface area (Å²) in [5.74, 6) is 1.34. The molecule has 0 aliphatic rings. The third-order valence-electron chi connectivity index (χ3n) is 1.20. The highest BCUT2D eigenvalue weighted by molar-refractivity contribution is 5.87. The summed E-state index contributed by atoms with van der Waals surface area (Å²) in [4.78, 5) is 10.4. The van der Waals surface area contributed by atoms with Gasteiger partial charge in [-0.1, -0.05) is 5.92 Å². The number of aromatic carboxylic acids is 1. The molecule has 0 amide bonds. The van der Waals surface area contributed by atoms with E-state index in [0.29, 0.717) is 5.56 Å². The van der Waals surface area contributed by atoms with Crippen LogP contribution in [0, 0.1) is 18.4 Å². The summed E-state index contributed by atoms with van der Waals surface area (Å²) < 4.78 is 0. The van der Waals surface area contributed by atoms with E-state index in [9.17, 15) is 4.79 Å². The van der Waals surface area contributed by atoms with Crippen LogP contribution in [-0.4, -0.2) is 11.1 Å². The van der Waals surface area contributed by atoms with Crippen molar-refractivity contribution in [2.45, 2.75) is 0 Å². The van der Waals surface area contributed by atoms with E-state index < -0.39 is 5.97 Å². The molecule has 0 bridgehead atoms. The minimum Gasteiger partial charge on any atom is -0.478 e. The molecular weight excluding hydrogens is 140 g/mol. The molecule has 0 unspecified atom stereocenters. The highest BCUT2D eigenvalue weighted by Gasteiger charge is 2.00. The Morgan fingerprint density at radius 1 is 1.64 bits per heavy atom. The van der Waals surface area contributed by atoms with Crippen molar-refractivity contribution in [3.63, 3.8) is 0 Å². The van der Waals surface area contributed by atoms with E-state index in [-0.39, 0.29) is 5.56 Å². The van der Waals surface area contributed by atoms with Crippen LogP contribution < -0.4 is 0 Å². The molecule has 0 saturated heterocycles. The van der Waals surface area contributed by atoms with Gasteiger partial charge in [0.25, 0.3) is 0 Å². The lowest BCUT2D eigenvalue weighted by Gasteiger charge is -1.92. The lowest BCUT2D eigenvalue weighted by atomic mass is 10.1. The van der Waals surface area contributed by atoms with Crippen molar-refractivity contribution in [2.75, 3.05) is 0 Å². The molecule has 0 atom stereocenters. The first-order valence-corrected chi connectivity index (χ1v) is 2.95. The number of terminal acetylenes is 1. The molecule has 11 heavy (non-hydrogen) atoms. The van der Waals surface area contributed by atoms with Gasteiger partial charge >= 0.3 is 5.97 Å². The first kappa shape index (κ1) is 7.36. The summed E-state index contributed by atoms with van der Waals surface area (Å²) in [5.41, 5.74) is 0.699. The molecule has 1 aromatic carbocycles. The molecule has 1 N–H and O–H groups in total. The van der Waals surface area contributed by atoms with Crippen LogP contribution in [0.15, 0.2) is 18.2 Å². The van der Waals surface area contributed by atoms with Crippen LogP contribution in [0.1, 0.15) is 15.9 Å². The number of hydrogen-bond donors (Lipinski definition) is 1. The number of hydrogen-bond acceptors (Lipinski definition) is 1. The summed E-state index contributed by atoms with van der Waals surface area (Å²) in [6.07, 6.45) is 5.06. The summed E-state index contributed by atoms with van der Waals surface area (Å²) in [7, 11) is 0. The second kappa shape index (κ2) is 2.89. The van der Waals surface area contributed by atoms with E-state index in [0.717, 1.165) is 0 Å². The molecule has 0 aliphatic carbocycles. The van der Waals surface area contributed by atoms with Gasteiger partial charge in [0, 0.05) is 5.56 Å². The average Bonchev–Trinajstić information content (AvgIpc) is 2.05. The van der Waals surface area contributed by atoms with Gasteiger partial charge in [-0.25, -0.2) is 4.79 Å². The Balaban J connectivity index is 3.13. The molecule has 0 saturated carbocycles. The van der Waals surface area contributed by atoms with Gasteiger partial charge < -0.3 is 5.11 Å². The first-order valence-electron chi connectivity index (χ1n) is 2.95. The van der Waals surface area contributed by atoms with Gasteiger partial charge in [0.2, 0.25) is 0 Å². The largest absolute Gasteiger partial charge is 0.478 e. The van der Waals surface area contributed by atoms with Gasteiger partial charge in [-0.2, -0.15) is 0 Å². The van der Waals surface area contributed by atoms with Crippen LogP contribution in [0.4, 0.5) is 0 Å². The summed E-state index contributed by atoms with van der Waals surface area (Å²) in [6.45, 7) is 0. The van der Waals surface area contributed by atoms with Gasteiger partial charge in [-0.3, -0.25) is 0 Å². The molecule has 0 fully saturated rings. The molecule has 1 radical (unpaired) electrons. The zero-order valence-electron chi connectivity index (χ0n) is 5.66. The normalized spacial score (nSPS) is 8.64. The highest BCUT2D eigenvalue weighted by atomic mass is 16.4. The third kappa shape index (κ3) is 1.59. The number of carbonyl (C=O) groups is 1. The second-order valence-electron chi connectivity index (χ2n) is 1.96. The number of carboxylic acids is 1. The van der Waals surface area contributed by atoms with Crippen molar-refractivity contribution >= 4 is 5.97 Å². The molecule has 1 rings (SSSR count). The summed E-state index contributed by atoms with van der Waals surface area (Å²) in [5, 5.41) is 8.52. The fraction of sp³-hybridized carbons (Fsp3) is 0. The van der Waals surface area contributed by atoms with Crippen molar-refractivity contribution < 1.29 is 9.90 Å². The van der Waals surface area contributed by atoms with Gasteiger partial charge in [-0.15, -0.1) is 6.42 Å². The molecular formula is C9H5O2. The maximum atomic E-state index is 10.4. The lowest BCUT2D eigenvalue weighted by molar-refractivity contribution is 0.0697. The van der Waals surface area contributed by atoms with E-state index in [1.54, 1.807) is 6.07 Å². The maximum absolute atomic E-state index is 10.4. The number of rotatable bonds is 1. The number of benzene rings is 1. The van der Waals surface area contributed by atoms with Crippen LogP contribution in [0.25, 0.3) is 0 Å². The molecule has 0 aliphatic heterocycles. The Morgan fingerprint density at radius 3 is 2.91 bits per heavy atom. The fourth-order valence-electron chi connectivity index (χ4n) is 0.679. The van der Waals surface area contributed by atoms with E-state index in [4.69, 9.17) is 11.5 Å². The maximum Gasteiger partial charge on any atom is 0.335 e. The Kier molecular flexibility index (Phi) is 1.93. The standard InChI is InChI=1S/C9H5O2/c1-2-7-4-3-5-8(6-7)9(10)11/h1,4-6H,(H,10,11). The van der Waals surface area contributed by atoms with Gasteiger partial charge in [0.05, 0.1) is 5.56 Å². The zero-order valence-corrected chi connectivity index (χ0v) is 5.66. The topological polar surface area (TPSA) is 37.3 Å². The summed E-state index contributed by atoms with van der Waals surface area (Å²) >= 11 is 0. The van der Waals surface area contributed by atoms with Crippen LogP contribution in [0.2, 0.25) is 0 Å². The highest BCUT2D eigenvalue weighted by Crippen LogP contribution is 2.02. The van der Waals surface area contributed by atoms with Gasteiger partial charge in [0.15, 0.2) is 0 Å². The van der Waals surface area contributed by atoms with Crippen LogP contribution in [0.3, 0.4) is 0 Å². The van der Waals surface area contributed by atoms with Crippen molar-refractivity contribution in [1.29, 1.82) is 0 Å². The molecule has 2 nitrogen and oxygen atoms in total. The molecule has 2 heteroatoms. The predicted molar refractivity (Wildman–Crippen MR) is 40.2 cm³/mol. The Morgan fingerprint density at radius 2 is 2.36 bits per heavy atom. The van der Waals surface area contributed by atoms with Crippen LogP contribution in [-0.2, 0) is 0 Å². The lowest BCUT2D eigenvalue weighted by Crippen LogP contribution is -1.95. The zero-order chi connectivity index (χ0) is 8.27. The third-order valence-corrected chi connectivity index (χ3v) is 1.20. The van der Waals surface area contributed by atoms with E-state index in [1.165, 1.54) is 12.1 Å². The second-order valence-corrected chi connectivity index (χ2v) is 1.96.